The number of pyridine rings is 1. The van der Waals surface area contributed by atoms with Crippen LogP contribution in [0.2, 0.25) is 5.02 Å². The predicted molar refractivity (Wildman–Crippen MR) is 80.2 cm³/mol. The molecule has 1 aromatic heterocycles. The molecule has 0 fully saturated rings. The SMILES string of the molecule is CNC(=O)c1ccc(CNC(=O)c2ccncc2Cl)cc1. The highest BCUT2D eigenvalue weighted by Gasteiger charge is 2.09. The van der Waals surface area contributed by atoms with E-state index in [1.54, 1.807) is 37.4 Å². The number of benzene rings is 1. The molecule has 2 aromatic rings. The number of aromatic nitrogens is 1. The average Bonchev–Trinajstić information content (AvgIpc) is 2.52. The normalized spacial score (nSPS) is 10.0. The lowest BCUT2D eigenvalue weighted by Crippen LogP contribution is -2.23. The predicted octanol–water partition coefficient (Wildman–Crippen LogP) is 2.02. The van der Waals surface area contributed by atoms with Crippen LogP contribution in [-0.2, 0) is 6.54 Å². The van der Waals surface area contributed by atoms with E-state index in [4.69, 9.17) is 11.6 Å². The minimum atomic E-state index is -0.266. The van der Waals surface area contributed by atoms with Gasteiger partial charge in [-0.3, -0.25) is 14.6 Å². The van der Waals surface area contributed by atoms with E-state index in [1.807, 2.05) is 0 Å². The first-order valence-corrected chi connectivity index (χ1v) is 6.68. The highest BCUT2D eigenvalue weighted by Crippen LogP contribution is 2.13. The molecule has 0 spiro atoms. The summed E-state index contributed by atoms with van der Waals surface area (Å²) in [5.41, 5.74) is 1.85. The molecule has 0 saturated heterocycles. The van der Waals surface area contributed by atoms with Crippen molar-refractivity contribution in [2.75, 3.05) is 7.05 Å². The van der Waals surface area contributed by atoms with Gasteiger partial charge in [-0.1, -0.05) is 23.7 Å². The number of carbonyl (C=O) groups excluding carboxylic acids is 2. The Hall–Kier alpha value is -2.40. The number of nitrogens with one attached hydrogen (secondary N) is 2. The van der Waals surface area contributed by atoms with Crippen molar-refractivity contribution in [3.8, 4) is 0 Å². The molecule has 2 amide bonds. The van der Waals surface area contributed by atoms with Crippen LogP contribution in [0.5, 0.6) is 0 Å². The molecule has 0 saturated carbocycles. The van der Waals surface area contributed by atoms with Gasteiger partial charge in [-0.2, -0.15) is 0 Å². The van der Waals surface area contributed by atoms with E-state index in [0.29, 0.717) is 22.7 Å². The van der Waals surface area contributed by atoms with Gasteiger partial charge >= 0.3 is 0 Å². The third kappa shape index (κ3) is 3.79. The summed E-state index contributed by atoms with van der Waals surface area (Å²) in [6.45, 7) is 0.353. The fraction of sp³-hybridized carbons (Fsp3) is 0.133. The highest BCUT2D eigenvalue weighted by atomic mass is 35.5. The maximum absolute atomic E-state index is 12.0. The largest absolute Gasteiger partial charge is 0.355 e. The van der Waals surface area contributed by atoms with Crippen molar-refractivity contribution in [3.05, 3.63) is 64.4 Å². The molecule has 0 radical (unpaired) electrons. The molecule has 0 aliphatic carbocycles. The molecule has 1 heterocycles. The van der Waals surface area contributed by atoms with E-state index in [0.717, 1.165) is 5.56 Å². The smallest absolute Gasteiger partial charge is 0.253 e. The maximum Gasteiger partial charge on any atom is 0.253 e. The summed E-state index contributed by atoms with van der Waals surface area (Å²) in [7, 11) is 1.58. The Balaban J connectivity index is 1.99. The van der Waals surface area contributed by atoms with Crippen LogP contribution in [-0.4, -0.2) is 23.8 Å². The van der Waals surface area contributed by atoms with Gasteiger partial charge in [0.1, 0.15) is 0 Å². The standard InChI is InChI=1S/C15H14ClN3O2/c1-17-14(20)11-4-2-10(3-5-11)8-19-15(21)12-6-7-18-9-13(12)16/h2-7,9H,8H2,1H3,(H,17,20)(H,19,21). The highest BCUT2D eigenvalue weighted by molar-refractivity contribution is 6.33. The van der Waals surface area contributed by atoms with Crippen LogP contribution in [0.4, 0.5) is 0 Å². The first-order valence-electron chi connectivity index (χ1n) is 6.30. The Morgan fingerprint density at radius 1 is 1.14 bits per heavy atom. The summed E-state index contributed by atoms with van der Waals surface area (Å²) in [6.07, 6.45) is 2.94. The van der Waals surface area contributed by atoms with Crippen molar-refractivity contribution in [3.63, 3.8) is 0 Å². The van der Waals surface area contributed by atoms with Gasteiger partial charge in [0.05, 0.1) is 10.6 Å². The topological polar surface area (TPSA) is 71.1 Å². The zero-order chi connectivity index (χ0) is 15.2. The zero-order valence-electron chi connectivity index (χ0n) is 11.4. The zero-order valence-corrected chi connectivity index (χ0v) is 12.1. The molecule has 2 N–H and O–H groups in total. The molecule has 5 nitrogen and oxygen atoms in total. The van der Waals surface area contributed by atoms with Gasteiger partial charge in [-0.15, -0.1) is 0 Å². The van der Waals surface area contributed by atoms with Crippen LogP contribution in [0.25, 0.3) is 0 Å². The fourth-order valence-electron chi connectivity index (χ4n) is 1.76. The minimum absolute atomic E-state index is 0.144. The van der Waals surface area contributed by atoms with Gasteiger partial charge in [0.15, 0.2) is 0 Å². The second-order valence-corrected chi connectivity index (χ2v) is 4.72. The lowest BCUT2D eigenvalue weighted by molar-refractivity contribution is 0.0946. The van der Waals surface area contributed by atoms with Crippen LogP contribution >= 0.6 is 11.6 Å². The summed E-state index contributed by atoms with van der Waals surface area (Å²) in [5.74, 6) is -0.410. The first kappa shape index (κ1) is 15.0. The monoisotopic (exact) mass is 303 g/mol. The van der Waals surface area contributed by atoms with Gasteiger partial charge < -0.3 is 10.6 Å². The molecule has 1 aromatic carbocycles. The third-order valence-corrected chi connectivity index (χ3v) is 3.21. The Morgan fingerprint density at radius 3 is 2.48 bits per heavy atom. The third-order valence-electron chi connectivity index (χ3n) is 2.91. The number of halogens is 1. The van der Waals surface area contributed by atoms with E-state index < -0.39 is 0 Å². The van der Waals surface area contributed by atoms with E-state index in [1.165, 1.54) is 12.4 Å². The van der Waals surface area contributed by atoms with E-state index in [2.05, 4.69) is 15.6 Å². The number of hydrogen-bond donors (Lipinski definition) is 2. The van der Waals surface area contributed by atoms with Gasteiger partial charge in [-0.25, -0.2) is 0 Å². The molecular formula is C15H14ClN3O2. The Morgan fingerprint density at radius 2 is 1.86 bits per heavy atom. The number of amides is 2. The van der Waals surface area contributed by atoms with Crippen molar-refractivity contribution in [1.29, 1.82) is 0 Å². The summed E-state index contributed by atoms with van der Waals surface area (Å²) in [4.78, 5) is 27.2. The number of rotatable bonds is 4. The van der Waals surface area contributed by atoms with Crippen molar-refractivity contribution in [1.82, 2.24) is 15.6 Å². The Kier molecular flexibility index (Phi) is 4.90. The molecule has 0 unspecified atom stereocenters. The fourth-order valence-corrected chi connectivity index (χ4v) is 1.96. The van der Waals surface area contributed by atoms with Crippen molar-refractivity contribution >= 4 is 23.4 Å². The first-order chi connectivity index (χ1) is 10.1. The van der Waals surface area contributed by atoms with Crippen LogP contribution < -0.4 is 10.6 Å². The molecule has 21 heavy (non-hydrogen) atoms. The number of hydrogen-bond acceptors (Lipinski definition) is 3. The molecule has 6 heteroatoms. The van der Waals surface area contributed by atoms with Gasteiger partial charge in [0, 0.05) is 31.5 Å². The molecule has 108 valence electrons. The molecule has 0 aliphatic rings. The van der Waals surface area contributed by atoms with Crippen LogP contribution in [0.3, 0.4) is 0 Å². The van der Waals surface area contributed by atoms with Gasteiger partial charge in [-0.05, 0) is 23.8 Å². The number of nitrogens with zero attached hydrogens (tertiary/aromatic N) is 1. The summed E-state index contributed by atoms with van der Waals surface area (Å²) in [5, 5.41) is 5.63. The Bertz CT molecular complexity index is 656. The lowest BCUT2D eigenvalue weighted by atomic mass is 10.1. The quantitative estimate of drug-likeness (QED) is 0.908. The number of carbonyl (C=O) groups is 2. The van der Waals surface area contributed by atoms with Crippen molar-refractivity contribution < 1.29 is 9.59 Å². The molecule has 0 atom stereocenters. The minimum Gasteiger partial charge on any atom is -0.355 e. The average molecular weight is 304 g/mol. The van der Waals surface area contributed by atoms with E-state index >= 15 is 0 Å². The molecular weight excluding hydrogens is 290 g/mol. The molecule has 0 bridgehead atoms. The second-order valence-electron chi connectivity index (χ2n) is 4.31. The van der Waals surface area contributed by atoms with Gasteiger partial charge in [0.2, 0.25) is 0 Å². The van der Waals surface area contributed by atoms with Crippen LogP contribution in [0.15, 0.2) is 42.7 Å². The summed E-state index contributed by atoms with van der Waals surface area (Å²) >= 11 is 5.90. The van der Waals surface area contributed by atoms with Crippen molar-refractivity contribution in [2.45, 2.75) is 6.54 Å². The van der Waals surface area contributed by atoms with Crippen LogP contribution in [0.1, 0.15) is 26.3 Å². The molecule has 0 aliphatic heterocycles. The van der Waals surface area contributed by atoms with E-state index in [9.17, 15) is 9.59 Å². The van der Waals surface area contributed by atoms with E-state index in [-0.39, 0.29) is 11.8 Å². The summed E-state index contributed by atoms with van der Waals surface area (Å²) < 4.78 is 0. The van der Waals surface area contributed by atoms with Crippen LogP contribution in [0, 0.1) is 0 Å². The van der Waals surface area contributed by atoms with Gasteiger partial charge in [0.25, 0.3) is 11.8 Å². The second kappa shape index (κ2) is 6.85. The molecule has 2 rings (SSSR count). The van der Waals surface area contributed by atoms with Crippen molar-refractivity contribution in [2.24, 2.45) is 0 Å². The maximum atomic E-state index is 12.0. The lowest BCUT2D eigenvalue weighted by Gasteiger charge is -2.07. The Labute approximate surface area is 127 Å². The summed E-state index contributed by atoms with van der Waals surface area (Å²) in [6, 6.07) is 8.56.